The van der Waals surface area contributed by atoms with Crippen LogP contribution in [0.15, 0.2) is 35.0 Å². The molecule has 22 heavy (non-hydrogen) atoms. The van der Waals surface area contributed by atoms with Crippen molar-refractivity contribution in [3.05, 3.63) is 39.0 Å². The van der Waals surface area contributed by atoms with Gasteiger partial charge in [-0.15, -0.1) is 0 Å². The quantitative estimate of drug-likeness (QED) is 0.468. The molecule has 0 radical (unpaired) electrons. The van der Waals surface area contributed by atoms with E-state index in [1.54, 1.807) is 7.11 Å². The maximum absolute atomic E-state index is 10.3. The average molecular weight is 413 g/mol. The van der Waals surface area contributed by atoms with Gasteiger partial charge in [-0.1, -0.05) is 24.2 Å². The molecule has 0 spiro atoms. The van der Waals surface area contributed by atoms with Crippen molar-refractivity contribution in [3.8, 4) is 0 Å². The Morgan fingerprint density at radius 1 is 1.41 bits per heavy atom. The van der Waals surface area contributed by atoms with Crippen LogP contribution in [0.3, 0.4) is 0 Å². The largest absolute Gasteiger partial charge is 0.399 e. The van der Waals surface area contributed by atoms with E-state index in [0.717, 1.165) is 24.1 Å². The zero-order valence-electron chi connectivity index (χ0n) is 12.8. The molecule has 0 aromatic heterocycles. The Hall–Kier alpha value is -0.920. The highest BCUT2D eigenvalue weighted by atomic mass is 127. The predicted octanol–water partition coefficient (Wildman–Crippen LogP) is 3.38. The normalized spacial score (nSPS) is 28.2. The summed E-state index contributed by atoms with van der Waals surface area (Å²) in [5, 5.41) is 14.5. The van der Waals surface area contributed by atoms with Crippen molar-refractivity contribution < 1.29 is 14.7 Å². The van der Waals surface area contributed by atoms with E-state index in [1.807, 2.05) is 6.92 Å². The minimum atomic E-state index is -0.463. The minimum absolute atomic E-state index is 0.0960. The number of nitrogens with zero attached hydrogens (tertiary/aromatic N) is 1. The third kappa shape index (κ3) is 2.94. The van der Waals surface area contributed by atoms with Gasteiger partial charge in [-0.05, 0) is 58.7 Å². The first-order valence-corrected chi connectivity index (χ1v) is 8.64. The second kappa shape index (κ2) is 6.68. The van der Waals surface area contributed by atoms with E-state index in [2.05, 4.69) is 52.0 Å². The summed E-state index contributed by atoms with van der Waals surface area (Å²) in [7, 11) is 1.55. The van der Waals surface area contributed by atoms with E-state index in [4.69, 9.17) is 9.57 Å². The van der Waals surface area contributed by atoms with Crippen LogP contribution in [0.25, 0.3) is 5.57 Å². The fourth-order valence-corrected chi connectivity index (χ4v) is 3.68. The number of hydrogen-bond acceptors (Lipinski definition) is 4. The molecular formula is C17H20INO3. The maximum atomic E-state index is 10.3. The Kier molecular flexibility index (Phi) is 4.84. The smallest absolute Gasteiger partial charge is 0.111 e. The predicted molar refractivity (Wildman–Crippen MR) is 94.7 cm³/mol. The van der Waals surface area contributed by atoms with E-state index < -0.39 is 6.10 Å². The highest BCUT2D eigenvalue weighted by Crippen LogP contribution is 2.42. The van der Waals surface area contributed by atoms with Gasteiger partial charge in [0, 0.05) is 15.6 Å². The molecule has 0 saturated carbocycles. The molecule has 3 atom stereocenters. The molecule has 1 aromatic carbocycles. The SMILES string of the molecule is CCC(=NOC)C1=C(c2ccc(I)cc2)CC2CC(O)[C@@H]1O2. The Morgan fingerprint density at radius 2 is 2.14 bits per heavy atom. The molecular weight excluding hydrogens is 393 g/mol. The van der Waals surface area contributed by atoms with Crippen LogP contribution in [0.1, 0.15) is 31.7 Å². The van der Waals surface area contributed by atoms with E-state index in [1.165, 1.54) is 14.7 Å². The first-order valence-electron chi connectivity index (χ1n) is 7.57. The number of rotatable bonds is 4. The Bertz CT molecular complexity index is 609. The average Bonchev–Trinajstić information content (AvgIpc) is 2.81. The van der Waals surface area contributed by atoms with Gasteiger partial charge in [0.2, 0.25) is 0 Å². The van der Waals surface area contributed by atoms with Crippen molar-refractivity contribution in [2.75, 3.05) is 7.11 Å². The minimum Gasteiger partial charge on any atom is -0.399 e. The zero-order valence-corrected chi connectivity index (χ0v) is 14.9. The summed E-state index contributed by atoms with van der Waals surface area (Å²) in [4.78, 5) is 5.01. The molecule has 1 aromatic rings. The van der Waals surface area contributed by atoms with Crippen molar-refractivity contribution in [2.24, 2.45) is 5.16 Å². The van der Waals surface area contributed by atoms with Crippen LogP contribution in [0.4, 0.5) is 0 Å². The van der Waals surface area contributed by atoms with Crippen LogP contribution >= 0.6 is 22.6 Å². The highest BCUT2D eigenvalue weighted by Gasteiger charge is 2.43. The molecule has 0 amide bonds. The molecule has 2 aliphatic rings. The summed E-state index contributed by atoms with van der Waals surface area (Å²) in [6.45, 7) is 2.05. The number of halogens is 1. The lowest BCUT2D eigenvalue weighted by Crippen LogP contribution is -2.31. The Balaban J connectivity index is 2.12. The highest BCUT2D eigenvalue weighted by molar-refractivity contribution is 14.1. The number of ether oxygens (including phenoxy) is 1. The topological polar surface area (TPSA) is 51.0 Å². The van der Waals surface area contributed by atoms with Gasteiger partial charge in [-0.25, -0.2) is 0 Å². The van der Waals surface area contributed by atoms with Gasteiger partial charge in [0.15, 0.2) is 0 Å². The van der Waals surface area contributed by atoms with E-state index in [0.29, 0.717) is 6.42 Å². The molecule has 4 nitrogen and oxygen atoms in total. The lowest BCUT2D eigenvalue weighted by molar-refractivity contribution is 0.0313. The maximum Gasteiger partial charge on any atom is 0.111 e. The van der Waals surface area contributed by atoms with Gasteiger partial charge in [0.25, 0.3) is 0 Å². The number of fused-ring (bicyclic) bond motifs is 2. The molecule has 2 bridgehead atoms. The fourth-order valence-electron chi connectivity index (χ4n) is 3.32. The lowest BCUT2D eigenvalue weighted by Gasteiger charge is -2.28. The summed E-state index contributed by atoms with van der Waals surface area (Å²) in [5.41, 5.74) is 4.28. The molecule has 0 aliphatic carbocycles. The summed E-state index contributed by atoms with van der Waals surface area (Å²) < 4.78 is 7.19. The van der Waals surface area contributed by atoms with Crippen molar-refractivity contribution in [1.82, 2.24) is 0 Å². The third-order valence-electron chi connectivity index (χ3n) is 4.27. The van der Waals surface area contributed by atoms with Crippen molar-refractivity contribution >= 4 is 33.9 Å². The summed E-state index contributed by atoms with van der Waals surface area (Å²) >= 11 is 2.31. The molecule has 118 valence electrons. The van der Waals surface area contributed by atoms with Crippen LogP contribution in [0, 0.1) is 3.57 Å². The van der Waals surface area contributed by atoms with Crippen LogP contribution in [0.2, 0.25) is 0 Å². The van der Waals surface area contributed by atoms with Gasteiger partial charge in [-0.2, -0.15) is 0 Å². The summed E-state index contributed by atoms with van der Waals surface area (Å²) in [6.07, 6.45) is 1.59. The number of aliphatic hydroxyl groups is 1. The number of aliphatic hydroxyl groups excluding tert-OH is 1. The van der Waals surface area contributed by atoms with E-state index in [-0.39, 0.29) is 12.2 Å². The van der Waals surface area contributed by atoms with Gasteiger partial charge in [-0.3, -0.25) is 0 Å². The first kappa shape index (κ1) is 16.0. The number of hydrogen-bond donors (Lipinski definition) is 1. The molecule has 2 heterocycles. The van der Waals surface area contributed by atoms with Crippen LogP contribution < -0.4 is 0 Å². The van der Waals surface area contributed by atoms with Crippen molar-refractivity contribution in [1.29, 1.82) is 0 Å². The van der Waals surface area contributed by atoms with E-state index >= 15 is 0 Å². The van der Waals surface area contributed by atoms with Gasteiger partial charge in [0.05, 0.1) is 17.9 Å². The van der Waals surface area contributed by atoms with Gasteiger partial charge >= 0.3 is 0 Å². The van der Waals surface area contributed by atoms with E-state index in [9.17, 15) is 5.11 Å². The van der Waals surface area contributed by atoms with Crippen LogP contribution in [0.5, 0.6) is 0 Å². The Morgan fingerprint density at radius 3 is 2.77 bits per heavy atom. The van der Waals surface area contributed by atoms with Gasteiger partial charge < -0.3 is 14.7 Å². The molecule has 2 aliphatic heterocycles. The fraction of sp³-hybridized carbons (Fsp3) is 0.471. The molecule has 1 saturated heterocycles. The van der Waals surface area contributed by atoms with Crippen molar-refractivity contribution in [3.63, 3.8) is 0 Å². The first-order chi connectivity index (χ1) is 10.6. The summed E-state index contributed by atoms with van der Waals surface area (Å²) in [6, 6.07) is 8.48. The second-order valence-corrected chi connectivity index (χ2v) is 6.90. The molecule has 1 fully saturated rings. The molecule has 2 unspecified atom stereocenters. The third-order valence-corrected chi connectivity index (χ3v) is 4.99. The molecule has 3 rings (SSSR count). The number of oxime groups is 1. The zero-order chi connectivity index (χ0) is 15.7. The lowest BCUT2D eigenvalue weighted by atomic mass is 9.88. The van der Waals surface area contributed by atoms with Crippen LogP contribution in [-0.4, -0.2) is 36.2 Å². The second-order valence-electron chi connectivity index (χ2n) is 5.66. The Labute approximate surface area is 144 Å². The molecule has 5 heteroatoms. The monoisotopic (exact) mass is 413 g/mol. The number of benzene rings is 1. The summed E-state index contributed by atoms with van der Waals surface area (Å²) in [5.74, 6) is 0. The van der Waals surface area contributed by atoms with Crippen molar-refractivity contribution in [2.45, 2.75) is 44.5 Å². The molecule has 1 N–H and O–H groups in total. The van der Waals surface area contributed by atoms with Crippen LogP contribution in [-0.2, 0) is 9.57 Å². The standard InChI is InChI=1S/C17H20INO3/c1-3-14(19-21-2)16-13(10-4-6-11(18)7-5-10)8-12-9-15(20)17(16)22-12/h4-7,12,15,17,20H,3,8-9H2,1-2H3/t12?,15?,17-/m0/s1. The van der Waals surface area contributed by atoms with Gasteiger partial charge in [0.1, 0.15) is 13.2 Å².